The minimum Gasteiger partial charge on any atom is -0.477 e. The van der Waals surface area contributed by atoms with Crippen molar-refractivity contribution in [2.45, 2.75) is 6.42 Å². The average Bonchev–Trinajstić information content (AvgIpc) is 2.81. The summed E-state index contributed by atoms with van der Waals surface area (Å²) >= 11 is 6.63. The molecule has 0 spiro atoms. The van der Waals surface area contributed by atoms with Gasteiger partial charge < -0.3 is 14.7 Å². The summed E-state index contributed by atoms with van der Waals surface area (Å²) in [5.74, 6) is -0.974. The molecule has 2 rings (SSSR count). The van der Waals surface area contributed by atoms with E-state index in [1.165, 1.54) is 0 Å². The number of aromatic carboxylic acids is 1. The standard InChI is InChI=1S/C10H10N2O2S2/c1-12-7(5-6-3-2-4-16-6)8(9(13)14)11-10(12)15/h2-4H,5H2,1H3,(H,11,15)(H,13,14). The second-order valence-electron chi connectivity index (χ2n) is 3.37. The fourth-order valence-electron chi connectivity index (χ4n) is 1.52. The Kier molecular flexibility index (Phi) is 2.93. The van der Waals surface area contributed by atoms with Gasteiger partial charge in [-0.05, 0) is 23.7 Å². The van der Waals surface area contributed by atoms with Crippen LogP contribution in [0.2, 0.25) is 0 Å². The smallest absolute Gasteiger partial charge is 0.354 e. The molecule has 0 amide bonds. The monoisotopic (exact) mass is 254 g/mol. The highest BCUT2D eigenvalue weighted by molar-refractivity contribution is 7.71. The topological polar surface area (TPSA) is 58.0 Å². The van der Waals surface area contributed by atoms with E-state index in [9.17, 15) is 4.79 Å². The van der Waals surface area contributed by atoms with Crippen LogP contribution in [0.4, 0.5) is 0 Å². The van der Waals surface area contributed by atoms with Crippen molar-refractivity contribution in [3.8, 4) is 0 Å². The zero-order chi connectivity index (χ0) is 11.7. The predicted octanol–water partition coefficient (Wildman–Crippen LogP) is 2.43. The van der Waals surface area contributed by atoms with Gasteiger partial charge in [0.25, 0.3) is 0 Å². The highest BCUT2D eigenvalue weighted by Gasteiger charge is 2.16. The molecule has 4 nitrogen and oxygen atoms in total. The molecule has 6 heteroatoms. The van der Waals surface area contributed by atoms with Gasteiger partial charge in [-0.1, -0.05) is 6.07 Å². The third-order valence-electron chi connectivity index (χ3n) is 2.37. The minimum atomic E-state index is -0.974. The molecule has 0 bridgehead atoms. The molecule has 0 saturated carbocycles. The number of H-pyrrole nitrogens is 1. The molecular weight excluding hydrogens is 244 g/mol. The zero-order valence-electron chi connectivity index (χ0n) is 8.56. The number of hydrogen-bond acceptors (Lipinski definition) is 3. The number of nitrogens with one attached hydrogen (secondary N) is 1. The molecule has 0 aromatic carbocycles. The maximum Gasteiger partial charge on any atom is 0.354 e. The van der Waals surface area contributed by atoms with Gasteiger partial charge in [-0.2, -0.15) is 0 Å². The Morgan fingerprint density at radius 1 is 1.69 bits per heavy atom. The number of thiophene rings is 1. The normalized spacial score (nSPS) is 10.6. The van der Waals surface area contributed by atoms with Gasteiger partial charge in [0, 0.05) is 18.3 Å². The molecule has 0 aliphatic carbocycles. The number of rotatable bonds is 3. The number of imidazole rings is 1. The van der Waals surface area contributed by atoms with E-state index in [1.807, 2.05) is 17.5 Å². The molecule has 0 radical (unpaired) electrons. The summed E-state index contributed by atoms with van der Waals surface area (Å²) in [6.45, 7) is 0. The number of nitrogens with zero attached hydrogens (tertiary/aromatic N) is 1. The first kappa shape index (κ1) is 11.1. The Balaban J connectivity index is 2.46. The molecule has 0 saturated heterocycles. The molecule has 2 aromatic heterocycles. The van der Waals surface area contributed by atoms with Crippen LogP contribution in [-0.2, 0) is 13.5 Å². The van der Waals surface area contributed by atoms with Crippen LogP contribution in [-0.4, -0.2) is 20.6 Å². The Bertz CT molecular complexity index is 566. The van der Waals surface area contributed by atoms with Crippen LogP contribution in [0, 0.1) is 4.77 Å². The van der Waals surface area contributed by atoms with Crippen LogP contribution < -0.4 is 0 Å². The summed E-state index contributed by atoms with van der Waals surface area (Å²) in [6.07, 6.45) is 0.586. The number of carbonyl (C=O) groups is 1. The largest absolute Gasteiger partial charge is 0.477 e. The van der Waals surface area contributed by atoms with Crippen molar-refractivity contribution in [3.05, 3.63) is 38.5 Å². The predicted molar refractivity (Wildman–Crippen MR) is 64.7 cm³/mol. The van der Waals surface area contributed by atoms with Gasteiger partial charge >= 0.3 is 5.97 Å². The van der Waals surface area contributed by atoms with Gasteiger partial charge in [0.05, 0.1) is 5.69 Å². The quantitative estimate of drug-likeness (QED) is 0.827. The number of carboxylic acid groups (broad SMARTS) is 1. The van der Waals surface area contributed by atoms with Crippen LogP contribution in [0.1, 0.15) is 21.1 Å². The lowest BCUT2D eigenvalue weighted by atomic mass is 10.2. The highest BCUT2D eigenvalue weighted by atomic mass is 32.1. The van der Waals surface area contributed by atoms with Crippen molar-refractivity contribution in [3.63, 3.8) is 0 Å². The fourth-order valence-corrected chi connectivity index (χ4v) is 2.44. The molecule has 84 valence electrons. The van der Waals surface area contributed by atoms with Crippen LogP contribution >= 0.6 is 23.6 Å². The molecule has 16 heavy (non-hydrogen) atoms. The van der Waals surface area contributed by atoms with Crippen LogP contribution in [0.25, 0.3) is 0 Å². The summed E-state index contributed by atoms with van der Waals surface area (Å²) < 4.78 is 2.14. The van der Waals surface area contributed by atoms with E-state index in [4.69, 9.17) is 17.3 Å². The number of hydrogen-bond donors (Lipinski definition) is 2. The molecule has 2 aromatic rings. The van der Waals surface area contributed by atoms with E-state index in [2.05, 4.69) is 4.98 Å². The van der Waals surface area contributed by atoms with Gasteiger partial charge in [0.1, 0.15) is 5.69 Å². The van der Waals surface area contributed by atoms with Gasteiger partial charge in [-0.15, -0.1) is 11.3 Å². The Morgan fingerprint density at radius 3 is 3.00 bits per heavy atom. The maximum atomic E-state index is 11.0. The average molecular weight is 254 g/mol. The molecule has 0 aliphatic heterocycles. The lowest BCUT2D eigenvalue weighted by Gasteiger charge is -2.01. The summed E-state index contributed by atoms with van der Waals surface area (Å²) in [5, 5.41) is 11.0. The fraction of sp³-hybridized carbons (Fsp3) is 0.200. The number of aromatic amines is 1. The van der Waals surface area contributed by atoms with Crippen molar-refractivity contribution in [2.24, 2.45) is 7.05 Å². The van der Waals surface area contributed by atoms with Crippen molar-refractivity contribution in [1.82, 2.24) is 9.55 Å². The van der Waals surface area contributed by atoms with Crippen molar-refractivity contribution in [2.75, 3.05) is 0 Å². The van der Waals surface area contributed by atoms with Gasteiger partial charge in [0.2, 0.25) is 0 Å². The minimum absolute atomic E-state index is 0.181. The third-order valence-corrected chi connectivity index (χ3v) is 3.62. The van der Waals surface area contributed by atoms with E-state index in [0.717, 1.165) is 4.88 Å². The van der Waals surface area contributed by atoms with Crippen molar-refractivity contribution in [1.29, 1.82) is 0 Å². The Morgan fingerprint density at radius 2 is 2.44 bits per heavy atom. The van der Waals surface area contributed by atoms with Crippen molar-refractivity contribution >= 4 is 29.5 Å². The summed E-state index contributed by atoms with van der Waals surface area (Å²) in [4.78, 5) is 14.9. The van der Waals surface area contributed by atoms with Gasteiger partial charge in [-0.3, -0.25) is 0 Å². The van der Waals surface area contributed by atoms with Gasteiger partial charge in [-0.25, -0.2) is 4.79 Å². The van der Waals surface area contributed by atoms with Crippen LogP contribution in [0.5, 0.6) is 0 Å². The summed E-state index contributed by atoms with van der Waals surface area (Å²) in [7, 11) is 1.77. The maximum absolute atomic E-state index is 11.0. The summed E-state index contributed by atoms with van der Waals surface area (Å²) in [5.41, 5.74) is 0.890. The third kappa shape index (κ3) is 1.94. The molecule has 0 aliphatic rings. The van der Waals surface area contributed by atoms with E-state index >= 15 is 0 Å². The van der Waals surface area contributed by atoms with E-state index in [0.29, 0.717) is 16.9 Å². The molecule has 2 N–H and O–H groups in total. The number of carboxylic acids is 1. The van der Waals surface area contributed by atoms with Gasteiger partial charge in [0.15, 0.2) is 4.77 Å². The second-order valence-corrected chi connectivity index (χ2v) is 4.79. The Hall–Kier alpha value is -1.40. The lowest BCUT2D eigenvalue weighted by molar-refractivity contribution is 0.0689. The molecule has 0 unspecified atom stereocenters. The highest BCUT2D eigenvalue weighted by Crippen LogP contribution is 2.17. The second kappa shape index (κ2) is 4.23. The SMILES string of the molecule is Cn1c(Cc2cccs2)c(C(=O)O)[nH]c1=S. The van der Waals surface area contributed by atoms with Crippen LogP contribution in [0.3, 0.4) is 0 Å². The van der Waals surface area contributed by atoms with E-state index in [-0.39, 0.29) is 5.69 Å². The Labute approximate surface area is 101 Å². The first-order valence-electron chi connectivity index (χ1n) is 4.63. The lowest BCUT2D eigenvalue weighted by Crippen LogP contribution is -2.05. The van der Waals surface area contributed by atoms with Crippen LogP contribution in [0.15, 0.2) is 17.5 Å². The van der Waals surface area contributed by atoms with E-state index < -0.39 is 5.97 Å². The first-order chi connectivity index (χ1) is 7.59. The molecule has 0 atom stereocenters. The first-order valence-corrected chi connectivity index (χ1v) is 5.92. The molecule has 2 heterocycles. The molecular formula is C10H10N2O2S2. The zero-order valence-corrected chi connectivity index (χ0v) is 10.2. The summed E-state index contributed by atoms with van der Waals surface area (Å²) in [6, 6.07) is 3.92. The molecule has 0 fully saturated rings. The number of aromatic nitrogens is 2. The van der Waals surface area contributed by atoms with E-state index in [1.54, 1.807) is 23.0 Å². The van der Waals surface area contributed by atoms with Crippen molar-refractivity contribution < 1.29 is 9.90 Å².